The molecule has 2 atom stereocenters. The van der Waals surface area contributed by atoms with E-state index in [1.807, 2.05) is 53.7 Å². The van der Waals surface area contributed by atoms with Gasteiger partial charge in [-0.1, -0.05) is 46.8 Å². The maximum Gasteiger partial charge on any atom is 0.311 e. The molecular weight excluding hydrogens is 496 g/mol. The quantitative estimate of drug-likeness (QED) is 0.205. The van der Waals surface area contributed by atoms with Crippen molar-refractivity contribution in [2.45, 2.75) is 100 Å². The highest BCUT2D eigenvalue weighted by Crippen LogP contribution is 2.32. The first-order valence-electron chi connectivity index (χ1n) is 14.5. The maximum absolute atomic E-state index is 11.7. The summed E-state index contributed by atoms with van der Waals surface area (Å²) in [6.07, 6.45) is 3.97. The van der Waals surface area contributed by atoms with E-state index in [0.29, 0.717) is 19.1 Å². The summed E-state index contributed by atoms with van der Waals surface area (Å²) in [4.78, 5) is 23.1. The molecule has 2 aliphatic rings. The predicted octanol–water partition coefficient (Wildman–Crippen LogP) is 6.97. The second-order valence-corrected chi connectivity index (χ2v) is 12.0. The number of hydrogen-bond donors (Lipinski definition) is 0. The van der Waals surface area contributed by atoms with Gasteiger partial charge >= 0.3 is 11.9 Å². The van der Waals surface area contributed by atoms with Crippen molar-refractivity contribution in [3.05, 3.63) is 29.8 Å². The molecule has 7 heteroatoms. The standard InChI is InChI=1S/C12H22O3.C11H16O.C9H16O3/c1-5-11(3,4)10(13)15-9-12(6-2)7-14-8-12;1-4-9(2)10-5-7-11(12-3)8-6-10;1-4-9(2,3)8(10)12-6-7-5-11-7/h5-9H2,1-4H3;5-9H,4H2,1-3H3;7H,4-6H2,1-3H3. The summed E-state index contributed by atoms with van der Waals surface area (Å²) in [6, 6.07) is 8.29. The zero-order valence-electron chi connectivity index (χ0n) is 26.2. The molecule has 0 amide bonds. The van der Waals surface area contributed by atoms with Crippen molar-refractivity contribution in [2.75, 3.05) is 40.1 Å². The third-order valence-corrected chi connectivity index (χ3v) is 8.05. The molecule has 0 aliphatic carbocycles. The zero-order chi connectivity index (χ0) is 29.7. The summed E-state index contributed by atoms with van der Waals surface area (Å²) in [5.41, 5.74) is 0.770. The smallest absolute Gasteiger partial charge is 0.311 e. The fourth-order valence-corrected chi connectivity index (χ4v) is 3.18. The van der Waals surface area contributed by atoms with Gasteiger partial charge in [0.25, 0.3) is 0 Å². The number of methoxy groups -OCH3 is 1. The number of hydrogen-bond acceptors (Lipinski definition) is 7. The van der Waals surface area contributed by atoms with Gasteiger partial charge in [0.05, 0.1) is 43.2 Å². The number of esters is 2. The Bertz CT molecular complexity index is 846. The minimum absolute atomic E-state index is 0.0928. The molecule has 2 unspecified atom stereocenters. The lowest BCUT2D eigenvalue weighted by molar-refractivity contribution is -0.178. The Morgan fingerprint density at radius 3 is 1.82 bits per heavy atom. The van der Waals surface area contributed by atoms with Crippen LogP contribution in [0.4, 0.5) is 0 Å². The Morgan fingerprint density at radius 1 is 0.949 bits per heavy atom. The van der Waals surface area contributed by atoms with Crippen LogP contribution in [0.15, 0.2) is 24.3 Å². The van der Waals surface area contributed by atoms with Gasteiger partial charge in [-0.15, -0.1) is 0 Å². The molecule has 0 N–H and O–H groups in total. The largest absolute Gasteiger partial charge is 0.497 e. The average Bonchev–Trinajstić information content (AvgIpc) is 3.76. The summed E-state index contributed by atoms with van der Waals surface area (Å²) < 4.78 is 25.6. The van der Waals surface area contributed by atoms with Crippen molar-refractivity contribution >= 4 is 11.9 Å². The second kappa shape index (κ2) is 16.2. The third kappa shape index (κ3) is 11.9. The first-order chi connectivity index (χ1) is 18.3. The van der Waals surface area contributed by atoms with Gasteiger partial charge in [-0.05, 0) is 77.0 Å². The van der Waals surface area contributed by atoms with Gasteiger partial charge in [-0.25, -0.2) is 0 Å². The highest BCUT2D eigenvalue weighted by molar-refractivity contribution is 5.76. The van der Waals surface area contributed by atoms with Crippen molar-refractivity contribution in [1.82, 2.24) is 0 Å². The van der Waals surface area contributed by atoms with E-state index in [4.69, 9.17) is 23.7 Å². The number of rotatable bonds is 12. The Kier molecular flexibility index (Phi) is 14.5. The van der Waals surface area contributed by atoms with E-state index in [1.165, 1.54) is 12.0 Å². The van der Waals surface area contributed by atoms with Crippen LogP contribution < -0.4 is 4.74 Å². The van der Waals surface area contributed by atoms with Crippen molar-refractivity contribution in [3.63, 3.8) is 0 Å². The van der Waals surface area contributed by atoms with Gasteiger partial charge in [0.15, 0.2) is 0 Å². The van der Waals surface area contributed by atoms with Crippen LogP contribution >= 0.6 is 0 Å². The van der Waals surface area contributed by atoms with Gasteiger partial charge in [0.2, 0.25) is 0 Å². The van der Waals surface area contributed by atoms with Crippen LogP contribution in [0, 0.1) is 16.2 Å². The molecular formula is C32H54O7. The Labute approximate surface area is 237 Å². The van der Waals surface area contributed by atoms with E-state index >= 15 is 0 Å². The Morgan fingerprint density at radius 2 is 1.46 bits per heavy atom. The van der Waals surface area contributed by atoms with Gasteiger partial charge < -0.3 is 23.7 Å². The summed E-state index contributed by atoms with van der Waals surface area (Å²) >= 11 is 0. The molecule has 39 heavy (non-hydrogen) atoms. The molecule has 1 aromatic carbocycles. The van der Waals surface area contributed by atoms with Crippen LogP contribution in [0.3, 0.4) is 0 Å². The number of epoxide rings is 1. The molecule has 0 aromatic heterocycles. The Balaban J connectivity index is 0.000000295. The summed E-state index contributed by atoms with van der Waals surface area (Å²) in [5.74, 6) is 1.36. The van der Waals surface area contributed by atoms with Crippen LogP contribution in [0.25, 0.3) is 0 Å². The van der Waals surface area contributed by atoms with E-state index < -0.39 is 0 Å². The molecule has 0 saturated carbocycles. The van der Waals surface area contributed by atoms with Crippen LogP contribution in [0.5, 0.6) is 5.75 Å². The van der Waals surface area contributed by atoms with Gasteiger partial charge in [0, 0.05) is 0 Å². The van der Waals surface area contributed by atoms with Gasteiger partial charge in [-0.3, -0.25) is 9.59 Å². The molecule has 224 valence electrons. The number of benzene rings is 1. The summed E-state index contributed by atoms with van der Waals surface area (Å²) in [6.45, 7) is 21.3. The maximum atomic E-state index is 11.7. The topological polar surface area (TPSA) is 83.6 Å². The van der Waals surface area contributed by atoms with Crippen molar-refractivity contribution in [3.8, 4) is 5.75 Å². The predicted molar refractivity (Wildman–Crippen MR) is 155 cm³/mol. The molecule has 7 nitrogen and oxygen atoms in total. The van der Waals surface area contributed by atoms with Crippen LogP contribution in [-0.2, 0) is 28.5 Å². The normalized spacial score (nSPS) is 18.2. The van der Waals surface area contributed by atoms with Crippen LogP contribution in [-0.4, -0.2) is 58.2 Å². The second-order valence-electron chi connectivity index (χ2n) is 12.0. The van der Waals surface area contributed by atoms with E-state index in [-0.39, 0.29) is 34.3 Å². The molecule has 2 fully saturated rings. The lowest BCUT2D eigenvalue weighted by Crippen LogP contribution is -2.47. The van der Waals surface area contributed by atoms with Gasteiger partial charge in [0.1, 0.15) is 25.1 Å². The number of carbonyl (C=O) groups excluding carboxylic acids is 2. The van der Waals surface area contributed by atoms with Gasteiger partial charge in [-0.2, -0.15) is 0 Å². The van der Waals surface area contributed by atoms with Crippen LogP contribution in [0.2, 0.25) is 0 Å². The monoisotopic (exact) mass is 550 g/mol. The highest BCUT2D eigenvalue weighted by Gasteiger charge is 2.39. The molecule has 2 saturated heterocycles. The molecule has 2 heterocycles. The third-order valence-electron chi connectivity index (χ3n) is 8.05. The first kappa shape index (κ1) is 34.9. The fraction of sp³-hybridized carbons (Fsp3) is 0.750. The number of ether oxygens (including phenoxy) is 5. The SMILES string of the molecule is CCC(C)(C)C(=O)OCC1CO1.CCC(C)c1ccc(OC)cc1.CCC1(COC(=O)C(C)(C)CC)COC1. The number of carbonyl (C=O) groups is 2. The molecule has 1 aromatic rings. The molecule has 3 rings (SSSR count). The lowest BCUT2D eigenvalue weighted by Gasteiger charge is -2.40. The summed E-state index contributed by atoms with van der Waals surface area (Å²) in [5, 5.41) is 0. The minimum Gasteiger partial charge on any atom is -0.497 e. The summed E-state index contributed by atoms with van der Waals surface area (Å²) in [7, 11) is 1.69. The van der Waals surface area contributed by atoms with E-state index in [9.17, 15) is 9.59 Å². The van der Waals surface area contributed by atoms with Crippen molar-refractivity contribution < 1.29 is 33.3 Å². The highest BCUT2D eigenvalue weighted by atomic mass is 16.6. The first-order valence-corrected chi connectivity index (χ1v) is 14.5. The van der Waals surface area contributed by atoms with E-state index in [1.54, 1.807) is 7.11 Å². The molecule has 0 bridgehead atoms. The molecule has 2 aliphatic heterocycles. The van der Waals surface area contributed by atoms with Crippen LogP contribution in [0.1, 0.15) is 99.5 Å². The lowest BCUT2D eigenvalue weighted by atomic mass is 9.84. The fourth-order valence-electron chi connectivity index (χ4n) is 3.18. The van der Waals surface area contributed by atoms with E-state index in [2.05, 4.69) is 32.9 Å². The molecule has 0 radical (unpaired) electrons. The van der Waals surface area contributed by atoms with Crippen molar-refractivity contribution in [1.29, 1.82) is 0 Å². The molecule has 0 spiro atoms. The zero-order valence-corrected chi connectivity index (χ0v) is 26.2. The average molecular weight is 551 g/mol. The minimum atomic E-state index is -0.362. The van der Waals surface area contributed by atoms with E-state index in [0.717, 1.165) is 44.8 Å². The Hall–Kier alpha value is -2.12. The van der Waals surface area contributed by atoms with Crippen molar-refractivity contribution in [2.24, 2.45) is 16.2 Å².